The van der Waals surface area contributed by atoms with Gasteiger partial charge in [0.25, 0.3) is 0 Å². The minimum absolute atomic E-state index is 0.201. The van der Waals surface area contributed by atoms with E-state index in [0.29, 0.717) is 34.1 Å². The second-order valence-electron chi connectivity index (χ2n) is 8.99. The Kier molecular flexibility index (Phi) is 7.54. The highest BCUT2D eigenvalue weighted by Gasteiger charge is 2.31. The molecule has 10 heteroatoms. The van der Waals surface area contributed by atoms with E-state index in [4.69, 9.17) is 28.3 Å². The fourth-order valence-electron chi connectivity index (χ4n) is 4.78. The fourth-order valence-corrected chi connectivity index (χ4v) is 5.33. The first-order valence-corrected chi connectivity index (χ1v) is 12.0. The van der Waals surface area contributed by atoms with Crippen molar-refractivity contribution in [2.24, 2.45) is 5.92 Å². The van der Waals surface area contributed by atoms with Crippen molar-refractivity contribution in [1.82, 2.24) is 9.47 Å². The minimum Gasteiger partial charge on any atom is -0.481 e. The molecule has 0 saturated carbocycles. The van der Waals surface area contributed by atoms with Crippen LogP contribution in [0.3, 0.4) is 0 Å². The molecule has 1 aromatic heterocycles. The van der Waals surface area contributed by atoms with Crippen molar-refractivity contribution in [2.75, 3.05) is 13.1 Å². The van der Waals surface area contributed by atoms with Gasteiger partial charge >= 0.3 is 12.3 Å². The third kappa shape index (κ3) is 6.23. The Balaban J connectivity index is 1.53. The minimum atomic E-state index is -4.75. The molecular weight excluding hydrogens is 504 g/mol. The van der Waals surface area contributed by atoms with E-state index in [1.165, 1.54) is 12.1 Å². The highest BCUT2D eigenvalue weighted by atomic mass is 35.5. The van der Waals surface area contributed by atoms with Crippen LogP contribution in [0.1, 0.15) is 36.0 Å². The third-order valence-electron chi connectivity index (χ3n) is 6.42. The Morgan fingerprint density at radius 1 is 1.14 bits per heavy atom. The number of fused-ring (bicyclic) bond motifs is 1. The van der Waals surface area contributed by atoms with Crippen molar-refractivity contribution in [2.45, 2.75) is 45.6 Å². The van der Waals surface area contributed by atoms with Crippen LogP contribution in [0.5, 0.6) is 5.75 Å². The number of aliphatic carboxylic acids is 1. The van der Waals surface area contributed by atoms with E-state index in [2.05, 4.69) is 9.64 Å². The van der Waals surface area contributed by atoms with Gasteiger partial charge in [0.1, 0.15) is 5.75 Å². The largest absolute Gasteiger partial charge is 0.573 e. The molecular formula is C25H25Cl2F3N2O3. The van der Waals surface area contributed by atoms with Gasteiger partial charge in [0, 0.05) is 35.1 Å². The predicted octanol–water partition coefficient (Wildman–Crippen LogP) is 6.89. The van der Waals surface area contributed by atoms with Gasteiger partial charge in [0.05, 0.1) is 17.1 Å². The maximum absolute atomic E-state index is 12.6. The summed E-state index contributed by atoms with van der Waals surface area (Å²) in [5.41, 5.74) is 3.08. The van der Waals surface area contributed by atoms with E-state index in [-0.39, 0.29) is 18.1 Å². The number of carboxylic acids is 1. The number of hydrogen-bond donors (Lipinski definition) is 1. The molecule has 35 heavy (non-hydrogen) atoms. The molecule has 0 spiro atoms. The summed E-state index contributed by atoms with van der Waals surface area (Å²) in [6.45, 7) is 4.32. The van der Waals surface area contributed by atoms with Crippen molar-refractivity contribution in [3.8, 4) is 5.75 Å². The summed E-state index contributed by atoms with van der Waals surface area (Å²) in [7, 11) is 0. The molecule has 2 heterocycles. The van der Waals surface area contributed by atoms with Crippen LogP contribution in [-0.4, -0.2) is 40.0 Å². The number of carbonyl (C=O) groups is 1. The Labute approximate surface area is 211 Å². The fraction of sp³-hybridized carbons (Fsp3) is 0.400. The molecule has 2 aromatic carbocycles. The Morgan fingerprint density at radius 2 is 1.86 bits per heavy atom. The molecule has 0 aliphatic carbocycles. The summed E-state index contributed by atoms with van der Waals surface area (Å²) in [5, 5.41) is 10.7. The number of carboxylic acid groups (broad SMARTS) is 1. The van der Waals surface area contributed by atoms with Gasteiger partial charge in [-0.15, -0.1) is 13.2 Å². The number of hydrogen-bond acceptors (Lipinski definition) is 3. The van der Waals surface area contributed by atoms with E-state index >= 15 is 0 Å². The van der Waals surface area contributed by atoms with Crippen LogP contribution >= 0.6 is 23.2 Å². The maximum Gasteiger partial charge on any atom is 0.573 e. The topological polar surface area (TPSA) is 54.7 Å². The van der Waals surface area contributed by atoms with E-state index in [9.17, 15) is 18.0 Å². The van der Waals surface area contributed by atoms with Gasteiger partial charge in [-0.25, -0.2) is 0 Å². The zero-order valence-electron chi connectivity index (χ0n) is 19.0. The number of likely N-dealkylation sites (tertiary alicyclic amines) is 1. The van der Waals surface area contributed by atoms with Gasteiger partial charge in [-0.05, 0) is 74.2 Å². The summed E-state index contributed by atoms with van der Waals surface area (Å²) < 4.78 is 43.9. The summed E-state index contributed by atoms with van der Waals surface area (Å²) in [4.78, 5) is 13.2. The number of piperidine rings is 1. The SMILES string of the molecule is Cc1cc(OC(F)(F)F)cc2ccn(Cc3c(Cl)ccc(CN4CCC(CC(=O)O)CC4)c3Cl)c12. The van der Waals surface area contributed by atoms with E-state index in [1.807, 2.05) is 16.7 Å². The highest BCUT2D eigenvalue weighted by molar-refractivity contribution is 6.36. The lowest BCUT2D eigenvalue weighted by Crippen LogP contribution is -2.34. The van der Waals surface area contributed by atoms with Crippen molar-refractivity contribution < 1.29 is 27.8 Å². The quantitative estimate of drug-likeness (QED) is 0.362. The molecule has 0 unspecified atom stereocenters. The molecule has 1 aliphatic rings. The van der Waals surface area contributed by atoms with Gasteiger partial charge in [0.15, 0.2) is 0 Å². The number of halogens is 5. The lowest BCUT2D eigenvalue weighted by Gasteiger charge is -2.31. The van der Waals surface area contributed by atoms with E-state index < -0.39 is 12.3 Å². The standard InChI is InChI=1S/C25H25Cl2F3N2O3/c1-15-10-19(35-25(28,29)30)12-17-6-9-32(24(15)17)14-20-21(26)3-2-18(23(20)27)13-31-7-4-16(5-8-31)11-22(33)34/h2-3,6,9-10,12,16H,4-5,7-8,11,13-14H2,1H3,(H,33,34). The normalized spacial score (nSPS) is 15.6. The monoisotopic (exact) mass is 528 g/mol. The second kappa shape index (κ2) is 10.3. The molecule has 3 aromatic rings. The van der Waals surface area contributed by atoms with Crippen molar-refractivity contribution in [3.05, 3.63) is 63.3 Å². The second-order valence-corrected chi connectivity index (χ2v) is 9.77. The summed E-state index contributed by atoms with van der Waals surface area (Å²) >= 11 is 13.3. The number of ether oxygens (including phenoxy) is 1. The Bertz CT molecular complexity index is 1230. The van der Waals surface area contributed by atoms with Gasteiger partial charge < -0.3 is 14.4 Å². The number of aromatic nitrogens is 1. The van der Waals surface area contributed by atoms with Crippen molar-refractivity contribution in [3.63, 3.8) is 0 Å². The molecule has 4 rings (SSSR count). The Hall–Kier alpha value is -2.42. The molecule has 0 amide bonds. The average Bonchev–Trinajstić information content (AvgIpc) is 3.16. The molecule has 0 atom stereocenters. The smallest absolute Gasteiger partial charge is 0.481 e. The molecule has 1 N–H and O–H groups in total. The first-order valence-electron chi connectivity index (χ1n) is 11.3. The maximum atomic E-state index is 12.6. The molecule has 0 radical (unpaired) electrons. The van der Waals surface area contributed by atoms with Crippen LogP contribution in [0.2, 0.25) is 10.0 Å². The number of nitrogens with zero attached hydrogens (tertiary/aromatic N) is 2. The van der Waals surface area contributed by atoms with Crippen LogP contribution in [0.25, 0.3) is 10.9 Å². The molecule has 1 fully saturated rings. The number of benzene rings is 2. The van der Waals surface area contributed by atoms with Crippen LogP contribution in [0, 0.1) is 12.8 Å². The Morgan fingerprint density at radius 3 is 2.51 bits per heavy atom. The lowest BCUT2D eigenvalue weighted by atomic mass is 9.93. The van der Waals surface area contributed by atoms with Gasteiger partial charge in [-0.3, -0.25) is 9.69 Å². The number of alkyl halides is 3. The zero-order chi connectivity index (χ0) is 25.3. The van der Waals surface area contributed by atoms with Crippen LogP contribution in [0.15, 0.2) is 36.5 Å². The van der Waals surface area contributed by atoms with Gasteiger partial charge in [-0.2, -0.15) is 0 Å². The van der Waals surface area contributed by atoms with Crippen molar-refractivity contribution in [1.29, 1.82) is 0 Å². The van der Waals surface area contributed by atoms with Gasteiger partial charge in [0.2, 0.25) is 0 Å². The summed E-state index contributed by atoms with van der Waals surface area (Å²) in [5.74, 6) is -0.816. The first-order chi connectivity index (χ1) is 16.5. The molecule has 188 valence electrons. The zero-order valence-corrected chi connectivity index (χ0v) is 20.6. The average molecular weight is 529 g/mol. The van der Waals surface area contributed by atoms with Crippen LogP contribution < -0.4 is 4.74 Å². The lowest BCUT2D eigenvalue weighted by molar-refractivity contribution is -0.274. The molecule has 0 bridgehead atoms. The van der Waals surface area contributed by atoms with E-state index in [0.717, 1.165) is 42.6 Å². The third-order valence-corrected chi connectivity index (χ3v) is 7.24. The first kappa shape index (κ1) is 25.7. The summed E-state index contributed by atoms with van der Waals surface area (Å²) in [6.07, 6.45) is -1.09. The summed E-state index contributed by atoms with van der Waals surface area (Å²) in [6, 6.07) is 8.17. The van der Waals surface area contributed by atoms with Crippen LogP contribution in [-0.2, 0) is 17.9 Å². The highest BCUT2D eigenvalue weighted by Crippen LogP contribution is 2.34. The number of rotatable bonds is 7. The van der Waals surface area contributed by atoms with Crippen molar-refractivity contribution >= 4 is 40.1 Å². The van der Waals surface area contributed by atoms with Gasteiger partial charge in [-0.1, -0.05) is 29.3 Å². The van der Waals surface area contributed by atoms with Crippen LogP contribution in [0.4, 0.5) is 13.2 Å². The molecule has 5 nitrogen and oxygen atoms in total. The van der Waals surface area contributed by atoms with E-state index in [1.54, 1.807) is 19.2 Å². The predicted molar refractivity (Wildman–Crippen MR) is 129 cm³/mol. The molecule has 1 saturated heterocycles. The molecule has 1 aliphatic heterocycles. The number of aryl methyl sites for hydroxylation is 1.